The van der Waals surface area contributed by atoms with Crippen LogP contribution < -0.4 is 0 Å². The highest BCUT2D eigenvalue weighted by molar-refractivity contribution is 7.53. The van der Waals surface area contributed by atoms with E-state index in [4.69, 9.17) is 9.79 Å². The molecular weight excluding hydrogens is 237 g/mol. The summed E-state index contributed by atoms with van der Waals surface area (Å²) >= 11 is 0. The van der Waals surface area contributed by atoms with E-state index in [1.54, 1.807) is 0 Å². The molecule has 3 unspecified atom stereocenters. The molecule has 2 N–H and O–H groups in total. The van der Waals surface area contributed by atoms with Crippen LogP contribution in [0.4, 0.5) is 0 Å². The molecule has 1 rings (SSSR count). The summed E-state index contributed by atoms with van der Waals surface area (Å²) in [4.78, 5) is 29.1. The zero-order valence-corrected chi connectivity index (χ0v) is 11.7. The summed E-state index contributed by atoms with van der Waals surface area (Å²) in [6.07, 6.45) is 1.56. The Morgan fingerprint density at radius 2 is 2.18 bits per heavy atom. The van der Waals surface area contributed by atoms with Gasteiger partial charge in [0.05, 0.1) is 6.16 Å². The van der Waals surface area contributed by atoms with Crippen molar-refractivity contribution in [2.45, 2.75) is 44.6 Å². The Morgan fingerprint density at radius 3 is 2.65 bits per heavy atom. The van der Waals surface area contributed by atoms with Gasteiger partial charge in [0, 0.05) is 0 Å². The zero-order chi connectivity index (χ0) is 13.3. The van der Waals surface area contributed by atoms with E-state index in [1.807, 2.05) is 0 Å². The number of hydrogen-bond acceptors (Lipinski definition) is 2. The lowest BCUT2D eigenvalue weighted by Crippen LogP contribution is -2.20. The van der Waals surface area contributed by atoms with E-state index in [9.17, 15) is 9.36 Å². The van der Waals surface area contributed by atoms with E-state index >= 15 is 0 Å². The fraction of sp³-hybridized carbons (Fsp3) is 0.900. The van der Waals surface area contributed by atoms with Crippen molar-refractivity contribution in [1.82, 2.24) is 0 Å². The van der Waals surface area contributed by atoms with E-state index in [1.165, 1.54) is 0 Å². The number of hydrogen-bond donors (Lipinski definition) is 2. The second-order valence-electron chi connectivity index (χ2n) is 5.77. The minimum atomic E-state index is -4.19. The highest BCUT2D eigenvalue weighted by atomic mass is 31.2. The van der Waals surface area contributed by atoms with Gasteiger partial charge in [-0.2, -0.15) is 0 Å². The van der Waals surface area contributed by atoms with Gasteiger partial charge >= 0.3 is 7.60 Å². The topological polar surface area (TPSA) is 74.6 Å². The van der Waals surface area contributed by atoms with Crippen LogP contribution in [-0.2, 0) is 9.36 Å². The van der Waals surface area contributed by atoms with E-state index in [2.05, 4.69) is 20.8 Å². The van der Waals surface area contributed by atoms with Gasteiger partial charge in [0.15, 0.2) is 0 Å². The molecule has 96 valence electrons. The molecule has 0 aliphatic heterocycles. The van der Waals surface area contributed by atoms with Crippen LogP contribution in [0.1, 0.15) is 27.2 Å². The quantitative estimate of drug-likeness (QED) is 0.527. The molecule has 0 aromatic heterocycles. The van der Waals surface area contributed by atoms with Crippen molar-refractivity contribution in [3.05, 3.63) is 0 Å². The third-order valence-corrected chi connectivity index (χ3v) is 4.60. The van der Waals surface area contributed by atoms with Gasteiger partial charge in [-0.1, -0.05) is 39.3 Å². The maximum Gasteiger partial charge on any atom is 0.331 e. The van der Waals surface area contributed by atoms with E-state index < -0.39 is 13.8 Å². The molecule has 1 aliphatic rings. The van der Waals surface area contributed by atoms with Crippen molar-refractivity contribution in [3.8, 4) is 0 Å². The summed E-state index contributed by atoms with van der Waals surface area (Å²) < 4.78 is 10.7. The first-order valence-corrected chi connectivity index (χ1v) is 8.04. The third-order valence-electron chi connectivity index (χ3n) is 3.84. The van der Waals surface area contributed by atoms with Gasteiger partial charge in [0.2, 0.25) is 7.28 Å². The van der Waals surface area contributed by atoms with Crippen LogP contribution in [0.2, 0.25) is 17.5 Å². The smallest absolute Gasteiger partial charge is 0.324 e. The summed E-state index contributed by atoms with van der Waals surface area (Å²) in [6, 6.07) is 0. The zero-order valence-electron chi connectivity index (χ0n) is 10.8. The predicted octanol–water partition coefficient (Wildman–Crippen LogP) is 1.01. The Bertz CT molecular complexity index is 343. The predicted molar refractivity (Wildman–Crippen MR) is 72.6 cm³/mol. The lowest BCUT2D eigenvalue weighted by atomic mass is 9.53. The number of carbonyl (C=O) groups is 1. The molecule has 0 aromatic rings. The molecule has 0 saturated heterocycles. The second kappa shape index (κ2) is 5.29. The fourth-order valence-corrected chi connectivity index (χ4v) is 3.50. The first-order valence-electron chi connectivity index (χ1n) is 6.24. The van der Waals surface area contributed by atoms with Gasteiger partial charge < -0.3 is 14.6 Å². The van der Waals surface area contributed by atoms with Crippen molar-refractivity contribution in [1.29, 1.82) is 0 Å². The van der Waals surface area contributed by atoms with Crippen LogP contribution >= 0.6 is 7.60 Å². The minimum Gasteiger partial charge on any atom is -0.324 e. The maximum absolute atomic E-state index is 11.5. The monoisotopic (exact) mass is 258 g/mol. The summed E-state index contributed by atoms with van der Waals surface area (Å²) in [5.74, 6) is 1.15. The molecule has 7 heteroatoms. The van der Waals surface area contributed by atoms with Gasteiger partial charge in [0.25, 0.3) is 0 Å². The van der Waals surface area contributed by atoms with Crippen LogP contribution in [0.5, 0.6) is 0 Å². The normalized spacial score (nSPS) is 29.6. The van der Waals surface area contributed by atoms with Gasteiger partial charge in [-0.3, -0.25) is 4.57 Å². The summed E-state index contributed by atoms with van der Waals surface area (Å²) in [5, 5.41) is -0.0131. The highest BCUT2D eigenvalue weighted by Gasteiger charge is 2.53. The molecule has 0 spiro atoms. The van der Waals surface area contributed by atoms with Crippen LogP contribution in [0.3, 0.4) is 0 Å². The lowest BCUT2D eigenvalue weighted by Gasteiger charge is -2.13. The molecule has 0 amide bonds. The van der Waals surface area contributed by atoms with Crippen molar-refractivity contribution in [3.63, 3.8) is 0 Å². The van der Waals surface area contributed by atoms with Crippen molar-refractivity contribution in [2.24, 2.45) is 5.92 Å². The summed E-state index contributed by atoms with van der Waals surface area (Å²) in [6.45, 7) is 6.41. The summed E-state index contributed by atoms with van der Waals surface area (Å²) in [7, 11) is -2.71. The molecule has 17 heavy (non-hydrogen) atoms. The maximum atomic E-state index is 11.5. The van der Waals surface area contributed by atoms with Gasteiger partial charge in [-0.05, 0) is 11.2 Å². The second-order valence-corrected chi connectivity index (χ2v) is 7.41. The molecule has 1 fully saturated rings. The highest BCUT2D eigenvalue weighted by Crippen LogP contribution is 2.64. The average molecular weight is 258 g/mol. The molecule has 1 saturated carbocycles. The van der Waals surface area contributed by atoms with Crippen LogP contribution in [0, 0.1) is 5.92 Å². The lowest BCUT2D eigenvalue weighted by molar-refractivity contribution is -0.110. The Hall–Kier alpha value is -0.0501. The molecule has 1 aliphatic carbocycles. The Labute approximate surface area is 104 Å². The third kappa shape index (κ3) is 4.61. The van der Waals surface area contributed by atoms with Crippen molar-refractivity contribution >= 4 is 27.8 Å². The Balaban J connectivity index is 2.43. The molecule has 0 heterocycles. The molecule has 3 atom stereocenters. The molecule has 4 nitrogen and oxygen atoms in total. The number of rotatable bonds is 7. The van der Waals surface area contributed by atoms with Crippen LogP contribution in [0.15, 0.2) is 0 Å². The fourth-order valence-electron chi connectivity index (χ4n) is 2.93. The minimum absolute atomic E-state index is 0.0131. The van der Waals surface area contributed by atoms with Crippen molar-refractivity contribution in [2.75, 3.05) is 6.16 Å². The van der Waals surface area contributed by atoms with E-state index in [0.717, 1.165) is 20.0 Å². The SMILES string of the molecule is CCBC(C)C1CC1(C)BC(=O)CP(=O)(O)O. The first kappa shape index (κ1) is 15.0. The molecule has 0 radical (unpaired) electrons. The van der Waals surface area contributed by atoms with Crippen LogP contribution in [-0.4, -0.2) is 36.2 Å². The van der Waals surface area contributed by atoms with E-state index in [-0.39, 0.29) is 11.0 Å². The summed E-state index contributed by atoms with van der Waals surface area (Å²) in [5.41, 5.74) is -0.299. The van der Waals surface area contributed by atoms with Gasteiger partial charge in [-0.15, -0.1) is 0 Å². The average Bonchev–Trinajstić information content (AvgIpc) is 2.73. The Kier molecular flexibility index (Phi) is 4.67. The standard InChI is InChI=1S/C10H21B2O4P/c1-4-11-7(2)8-5-10(8,3)12-9(13)6-17(14,15)16/h7-8,11-12H,4-6H2,1-3H3,(H2,14,15,16). The Morgan fingerprint density at radius 1 is 1.59 bits per heavy atom. The first-order chi connectivity index (χ1) is 7.68. The molecular formula is C10H21B2O4P. The van der Waals surface area contributed by atoms with Crippen molar-refractivity contribution < 1.29 is 19.1 Å². The van der Waals surface area contributed by atoms with Crippen LogP contribution in [0.25, 0.3) is 0 Å². The largest absolute Gasteiger partial charge is 0.331 e. The van der Waals surface area contributed by atoms with Gasteiger partial charge in [-0.25, -0.2) is 0 Å². The molecule has 0 aromatic carbocycles. The van der Waals surface area contributed by atoms with Gasteiger partial charge in [0.1, 0.15) is 13.0 Å². The number of carbonyl (C=O) groups excluding carboxylic acids is 1. The molecule has 0 bridgehead atoms. The van der Waals surface area contributed by atoms with E-state index in [0.29, 0.717) is 19.0 Å².